The molecule has 1 aromatic heterocycles. The van der Waals surface area contributed by atoms with E-state index in [1.807, 2.05) is 0 Å². The largest absolute Gasteiger partial charge is 0.497 e. The number of nitrogens with one attached hydrogen (secondary N) is 1. The molecule has 0 bridgehead atoms. The van der Waals surface area contributed by atoms with E-state index < -0.39 is 41.0 Å². The predicted octanol–water partition coefficient (Wildman–Crippen LogP) is 6.09. The van der Waals surface area contributed by atoms with Crippen molar-refractivity contribution in [1.29, 1.82) is 0 Å². The number of ether oxygens (including phenoxy) is 2. The van der Waals surface area contributed by atoms with E-state index in [-0.39, 0.29) is 24.3 Å². The van der Waals surface area contributed by atoms with Gasteiger partial charge in [-0.15, -0.1) is 0 Å². The minimum Gasteiger partial charge on any atom is -0.497 e. The molecule has 0 radical (unpaired) electrons. The number of pyridine rings is 1. The van der Waals surface area contributed by atoms with Gasteiger partial charge in [0, 0.05) is 49.8 Å². The smallest absolute Gasteiger partial charge is 0.419 e. The Kier molecular flexibility index (Phi) is 11.4. The van der Waals surface area contributed by atoms with Crippen molar-refractivity contribution in [3.63, 3.8) is 0 Å². The molecule has 2 amide bonds. The highest BCUT2D eigenvalue weighted by Gasteiger charge is 2.41. The van der Waals surface area contributed by atoms with Gasteiger partial charge in [-0.1, -0.05) is 13.0 Å². The maximum Gasteiger partial charge on any atom is 0.419 e. The van der Waals surface area contributed by atoms with E-state index >= 15 is 0 Å². The molecule has 2 atom stereocenters. The summed E-state index contributed by atoms with van der Waals surface area (Å²) in [6.07, 6.45) is 0.486. The number of fused-ring (bicyclic) bond motifs is 1. The molecule has 1 aliphatic heterocycles. The van der Waals surface area contributed by atoms with Crippen LogP contribution in [0.3, 0.4) is 0 Å². The number of carbonyl (C=O) groups excluding carboxylic acids is 2. The van der Waals surface area contributed by atoms with Crippen LogP contribution in [0.25, 0.3) is 0 Å². The number of anilines is 1. The van der Waals surface area contributed by atoms with Crippen LogP contribution in [0.4, 0.5) is 27.8 Å². The van der Waals surface area contributed by atoms with Crippen LogP contribution in [0, 0.1) is 17.6 Å². The standard InChI is InChI=1S/C17H13F5N2O2.C12H16O.C2H5NO/c1-26-10-6-12(18)15(13(19)7-10)9-5-14(25)24(8-9)16-11(17(20,21)22)3-2-4-23-16;1-9-3-4-11-8-12(13-2)6-5-10(11)7-9;1-3-2-4/h2-4,6-7,9H,5,8H2,1H3;5-6,8-9H,3-4,7H2,1-2H3;2H,1H3,(H,3,4). The summed E-state index contributed by atoms with van der Waals surface area (Å²) in [5, 5.41) is 2.25. The fraction of sp³-hybridized carbons (Fsp3) is 0.387. The summed E-state index contributed by atoms with van der Waals surface area (Å²) in [6, 6.07) is 10.3. The predicted molar refractivity (Wildman–Crippen MR) is 151 cm³/mol. The number of methoxy groups -OCH3 is 2. The lowest BCUT2D eigenvalue weighted by Gasteiger charge is -2.21. The third-order valence-corrected chi connectivity index (χ3v) is 7.18. The van der Waals surface area contributed by atoms with E-state index in [0.29, 0.717) is 6.41 Å². The Morgan fingerprint density at radius 2 is 1.65 bits per heavy atom. The van der Waals surface area contributed by atoms with Crippen LogP contribution in [-0.2, 0) is 28.6 Å². The molecule has 7 nitrogen and oxygen atoms in total. The molecule has 0 spiro atoms. The number of halogens is 5. The highest BCUT2D eigenvalue weighted by atomic mass is 19.4. The molecule has 0 saturated carbocycles. The number of hydrogen-bond donors (Lipinski definition) is 1. The fourth-order valence-corrected chi connectivity index (χ4v) is 5.05. The van der Waals surface area contributed by atoms with Crippen LogP contribution < -0.4 is 19.7 Å². The van der Waals surface area contributed by atoms with Crippen LogP contribution in [0.1, 0.15) is 47.9 Å². The van der Waals surface area contributed by atoms with Crippen LogP contribution in [0.15, 0.2) is 48.7 Å². The molecular weight excluding hydrogens is 573 g/mol. The lowest BCUT2D eigenvalue weighted by Crippen LogP contribution is -2.28. The minimum absolute atomic E-state index is 0.0333. The van der Waals surface area contributed by atoms with Gasteiger partial charge in [-0.2, -0.15) is 13.2 Å². The molecule has 232 valence electrons. The van der Waals surface area contributed by atoms with E-state index in [1.54, 1.807) is 14.2 Å². The summed E-state index contributed by atoms with van der Waals surface area (Å²) >= 11 is 0. The first-order chi connectivity index (χ1) is 20.4. The van der Waals surface area contributed by atoms with Gasteiger partial charge in [-0.05, 0) is 60.6 Å². The summed E-state index contributed by atoms with van der Waals surface area (Å²) in [5.41, 5.74) is 1.56. The first-order valence-electron chi connectivity index (χ1n) is 13.6. The number of aryl methyl sites for hydroxylation is 1. The summed E-state index contributed by atoms with van der Waals surface area (Å²) < 4.78 is 77.9. The van der Waals surface area contributed by atoms with Crippen LogP contribution in [0.2, 0.25) is 0 Å². The van der Waals surface area contributed by atoms with Crippen molar-refractivity contribution in [2.45, 2.75) is 44.7 Å². The topological polar surface area (TPSA) is 80.8 Å². The molecule has 2 aromatic carbocycles. The Morgan fingerprint density at radius 3 is 2.23 bits per heavy atom. The number of benzene rings is 2. The zero-order chi connectivity index (χ0) is 31.7. The number of alkyl halides is 3. The Morgan fingerprint density at radius 1 is 1.00 bits per heavy atom. The second kappa shape index (κ2) is 14.8. The van der Waals surface area contributed by atoms with E-state index in [2.05, 4.69) is 35.4 Å². The highest BCUT2D eigenvalue weighted by Crippen LogP contribution is 2.40. The van der Waals surface area contributed by atoms with Gasteiger partial charge in [-0.3, -0.25) is 14.5 Å². The van der Waals surface area contributed by atoms with Gasteiger partial charge >= 0.3 is 6.18 Å². The molecule has 2 heterocycles. The zero-order valence-electron chi connectivity index (χ0n) is 24.3. The van der Waals surface area contributed by atoms with Crippen molar-refractivity contribution >= 4 is 18.1 Å². The molecular formula is C31H34F5N3O4. The maximum atomic E-state index is 14.2. The molecule has 2 aliphatic rings. The molecule has 3 aromatic rings. The average molecular weight is 608 g/mol. The van der Waals surface area contributed by atoms with Gasteiger partial charge in [-0.25, -0.2) is 13.8 Å². The third kappa shape index (κ3) is 8.42. The van der Waals surface area contributed by atoms with Crippen molar-refractivity contribution < 1.29 is 41.0 Å². The van der Waals surface area contributed by atoms with Gasteiger partial charge < -0.3 is 14.8 Å². The molecule has 5 rings (SSSR count). The van der Waals surface area contributed by atoms with Gasteiger partial charge in [0.25, 0.3) is 0 Å². The third-order valence-electron chi connectivity index (χ3n) is 7.18. The highest BCUT2D eigenvalue weighted by molar-refractivity contribution is 5.96. The van der Waals surface area contributed by atoms with Crippen molar-refractivity contribution in [3.05, 3.63) is 82.5 Å². The van der Waals surface area contributed by atoms with Gasteiger partial charge in [0.15, 0.2) is 0 Å². The summed E-state index contributed by atoms with van der Waals surface area (Å²) in [5.74, 6) is -2.22. The zero-order valence-corrected chi connectivity index (χ0v) is 24.3. The lowest BCUT2D eigenvalue weighted by atomic mass is 9.85. The molecule has 1 saturated heterocycles. The number of amides is 2. The summed E-state index contributed by atoms with van der Waals surface area (Å²) in [6.45, 7) is 2.02. The lowest BCUT2D eigenvalue weighted by molar-refractivity contribution is -0.137. The first-order valence-corrected chi connectivity index (χ1v) is 13.6. The van der Waals surface area contributed by atoms with E-state index in [0.717, 1.165) is 47.0 Å². The van der Waals surface area contributed by atoms with Gasteiger partial charge in [0.1, 0.15) is 29.0 Å². The van der Waals surface area contributed by atoms with Crippen molar-refractivity contribution in [3.8, 4) is 11.5 Å². The molecule has 1 N–H and O–H groups in total. The Hall–Kier alpha value is -4.22. The quantitative estimate of drug-likeness (QED) is 0.281. The molecule has 1 aliphatic carbocycles. The van der Waals surface area contributed by atoms with Crippen molar-refractivity contribution in [2.75, 3.05) is 32.7 Å². The molecule has 2 unspecified atom stereocenters. The first kappa shape index (κ1) is 33.3. The molecule has 43 heavy (non-hydrogen) atoms. The maximum absolute atomic E-state index is 14.2. The number of aromatic nitrogens is 1. The number of carbonyl (C=O) groups is 2. The second-order valence-electron chi connectivity index (χ2n) is 10.2. The Labute approximate surface area is 247 Å². The SMILES string of the molecule is CNC=O.COc1cc(F)c(C2CC(=O)N(c3ncccc3C(F)(F)F)C2)c(F)c1.COc1ccc2c(c1)CCC(C)C2. The number of rotatable bonds is 5. The van der Waals surface area contributed by atoms with Crippen molar-refractivity contribution in [2.24, 2.45) is 5.92 Å². The summed E-state index contributed by atoms with van der Waals surface area (Å²) in [7, 11) is 4.54. The number of nitrogens with zero attached hydrogens (tertiary/aromatic N) is 2. The van der Waals surface area contributed by atoms with E-state index in [4.69, 9.17) is 14.3 Å². The normalized spacial score (nSPS) is 17.5. The van der Waals surface area contributed by atoms with Crippen LogP contribution in [0.5, 0.6) is 11.5 Å². The number of hydrogen-bond acceptors (Lipinski definition) is 5. The minimum atomic E-state index is -4.71. The average Bonchev–Trinajstić information content (AvgIpc) is 3.36. The van der Waals surface area contributed by atoms with E-state index in [9.17, 15) is 26.7 Å². The van der Waals surface area contributed by atoms with Gasteiger partial charge in [0.2, 0.25) is 12.3 Å². The van der Waals surface area contributed by atoms with Gasteiger partial charge in [0.05, 0.1) is 19.8 Å². The van der Waals surface area contributed by atoms with Crippen LogP contribution >= 0.6 is 0 Å². The summed E-state index contributed by atoms with van der Waals surface area (Å²) in [4.78, 5) is 25.8. The Balaban J connectivity index is 0.000000246. The monoisotopic (exact) mass is 607 g/mol. The second-order valence-corrected chi connectivity index (χ2v) is 10.2. The molecule has 1 fully saturated rings. The van der Waals surface area contributed by atoms with E-state index in [1.165, 1.54) is 37.5 Å². The fourth-order valence-electron chi connectivity index (χ4n) is 5.05. The van der Waals surface area contributed by atoms with Crippen LogP contribution in [-0.4, -0.2) is 45.1 Å². The van der Waals surface area contributed by atoms with Crippen molar-refractivity contribution in [1.82, 2.24) is 10.3 Å². The molecule has 12 heteroatoms. The Bertz CT molecular complexity index is 1390.